The molecule has 1 aliphatic heterocycles. The van der Waals surface area contributed by atoms with E-state index in [1.807, 2.05) is 7.05 Å². The van der Waals surface area contributed by atoms with Crippen molar-refractivity contribution in [1.29, 1.82) is 0 Å². The molecule has 0 aromatic heterocycles. The summed E-state index contributed by atoms with van der Waals surface area (Å²) in [6, 6.07) is 0. The largest absolute Gasteiger partial charge is 0.361 e. The highest BCUT2D eigenvalue weighted by Gasteiger charge is 2.09. The standard InChI is InChI=1S/C6H13N3/c1-7-5-6-8-3-4-9(6)2/h7H,3-5H2,1-2H3. The van der Waals surface area contributed by atoms with Crippen LogP contribution in [0.25, 0.3) is 0 Å². The molecule has 1 aliphatic rings. The average Bonchev–Trinajstić information content (AvgIpc) is 2.18. The van der Waals surface area contributed by atoms with Crippen LogP contribution in [0.4, 0.5) is 0 Å². The predicted octanol–water partition coefficient (Wildman–Crippen LogP) is -0.450. The summed E-state index contributed by atoms with van der Waals surface area (Å²) in [7, 11) is 4.01. The van der Waals surface area contributed by atoms with Gasteiger partial charge in [-0.1, -0.05) is 0 Å². The van der Waals surface area contributed by atoms with E-state index in [2.05, 4.69) is 22.3 Å². The predicted molar refractivity (Wildman–Crippen MR) is 38.9 cm³/mol. The lowest BCUT2D eigenvalue weighted by molar-refractivity contribution is 0.545. The summed E-state index contributed by atoms with van der Waals surface area (Å²) in [6.07, 6.45) is 0. The highest BCUT2D eigenvalue weighted by Crippen LogP contribution is 1.95. The minimum Gasteiger partial charge on any atom is -0.361 e. The van der Waals surface area contributed by atoms with Crippen molar-refractivity contribution in [2.24, 2.45) is 4.99 Å². The van der Waals surface area contributed by atoms with Crippen molar-refractivity contribution in [3.05, 3.63) is 0 Å². The fourth-order valence-electron chi connectivity index (χ4n) is 0.928. The molecule has 0 unspecified atom stereocenters. The molecule has 0 fully saturated rings. The number of nitrogens with one attached hydrogen (secondary N) is 1. The van der Waals surface area contributed by atoms with Crippen molar-refractivity contribution < 1.29 is 0 Å². The van der Waals surface area contributed by atoms with Crippen molar-refractivity contribution in [3.63, 3.8) is 0 Å². The Morgan fingerprint density at radius 1 is 1.78 bits per heavy atom. The first-order valence-electron chi connectivity index (χ1n) is 3.23. The zero-order valence-electron chi connectivity index (χ0n) is 6.02. The van der Waals surface area contributed by atoms with Crippen LogP contribution in [0, 0.1) is 0 Å². The maximum atomic E-state index is 4.29. The Morgan fingerprint density at radius 3 is 3.00 bits per heavy atom. The molecule has 0 spiro atoms. The third-order valence-electron chi connectivity index (χ3n) is 1.51. The molecule has 0 bridgehead atoms. The molecule has 0 atom stereocenters. The van der Waals surface area contributed by atoms with Crippen LogP contribution in [0.3, 0.4) is 0 Å². The Morgan fingerprint density at radius 2 is 2.56 bits per heavy atom. The van der Waals surface area contributed by atoms with Crippen molar-refractivity contribution in [3.8, 4) is 0 Å². The van der Waals surface area contributed by atoms with Gasteiger partial charge in [-0.15, -0.1) is 0 Å². The van der Waals surface area contributed by atoms with Gasteiger partial charge in [-0.3, -0.25) is 4.99 Å². The lowest BCUT2D eigenvalue weighted by Crippen LogP contribution is -2.30. The van der Waals surface area contributed by atoms with Gasteiger partial charge in [-0.2, -0.15) is 0 Å². The van der Waals surface area contributed by atoms with E-state index in [0.717, 1.165) is 19.6 Å². The van der Waals surface area contributed by atoms with Gasteiger partial charge in [0.1, 0.15) is 5.84 Å². The minimum atomic E-state index is 0.899. The van der Waals surface area contributed by atoms with Crippen molar-refractivity contribution >= 4 is 5.84 Å². The molecule has 1 heterocycles. The smallest absolute Gasteiger partial charge is 0.113 e. The monoisotopic (exact) mass is 127 g/mol. The van der Waals surface area contributed by atoms with E-state index in [0.29, 0.717) is 0 Å². The average molecular weight is 127 g/mol. The normalized spacial score (nSPS) is 18.4. The lowest BCUT2D eigenvalue weighted by Gasteiger charge is -2.12. The fourth-order valence-corrected chi connectivity index (χ4v) is 0.928. The van der Waals surface area contributed by atoms with E-state index in [1.165, 1.54) is 5.84 Å². The molecule has 0 amide bonds. The number of aliphatic imine (C=N–C) groups is 1. The molecular weight excluding hydrogens is 114 g/mol. The van der Waals surface area contributed by atoms with Crippen LogP contribution in [-0.2, 0) is 0 Å². The molecule has 0 saturated heterocycles. The molecule has 0 aliphatic carbocycles. The second kappa shape index (κ2) is 2.82. The van der Waals surface area contributed by atoms with E-state index < -0.39 is 0 Å². The third-order valence-corrected chi connectivity index (χ3v) is 1.51. The Bertz CT molecular complexity index is 119. The second-order valence-corrected chi connectivity index (χ2v) is 2.25. The van der Waals surface area contributed by atoms with Crippen LogP contribution in [0.2, 0.25) is 0 Å². The highest BCUT2D eigenvalue weighted by atomic mass is 15.2. The topological polar surface area (TPSA) is 27.6 Å². The first-order valence-corrected chi connectivity index (χ1v) is 3.23. The van der Waals surface area contributed by atoms with Gasteiger partial charge in [0.05, 0.1) is 13.1 Å². The van der Waals surface area contributed by atoms with E-state index in [1.54, 1.807) is 0 Å². The molecule has 1 rings (SSSR count). The lowest BCUT2D eigenvalue weighted by atomic mass is 10.5. The van der Waals surface area contributed by atoms with Gasteiger partial charge in [-0.25, -0.2) is 0 Å². The summed E-state index contributed by atoms with van der Waals surface area (Å²) in [5.74, 6) is 1.18. The molecule has 9 heavy (non-hydrogen) atoms. The molecule has 0 radical (unpaired) electrons. The molecule has 0 saturated carbocycles. The maximum Gasteiger partial charge on any atom is 0.113 e. The molecule has 0 aromatic rings. The van der Waals surface area contributed by atoms with Crippen molar-refractivity contribution in [2.75, 3.05) is 33.7 Å². The molecule has 52 valence electrons. The van der Waals surface area contributed by atoms with E-state index >= 15 is 0 Å². The number of nitrogens with zero attached hydrogens (tertiary/aromatic N) is 2. The Kier molecular flexibility index (Phi) is 2.05. The summed E-state index contributed by atoms with van der Waals surface area (Å²) in [6.45, 7) is 2.95. The summed E-state index contributed by atoms with van der Waals surface area (Å²) >= 11 is 0. The van der Waals surface area contributed by atoms with Gasteiger partial charge in [-0.05, 0) is 7.05 Å². The first-order chi connectivity index (χ1) is 4.34. The summed E-state index contributed by atoms with van der Waals surface area (Å²) in [5.41, 5.74) is 0. The van der Waals surface area contributed by atoms with Crippen LogP contribution in [0.1, 0.15) is 0 Å². The van der Waals surface area contributed by atoms with E-state index in [9.17, 15) is 0 Å². The number of hydrogen-bond donors (Lipinski definition) is 1. The third kappa shape index (κ3) is 1.42. The van der Waals surface area contributed by atoms with Gasteiger partial charge in [0, 0.05) is 13.6 Å². The summed E-state index contributed by atoms with van der Waals surface area (Å²) in [5, 5.41) is 3.07. The Labute approximate surface area is 55.8 Å². The molecule has 3 nitrogen and oxygen atoms in total. The fraction of sp³-hybridized carbons (Fsp3) is 0.833. The number of rotatable bonds is 2. The van der Waals surface area contributed by atoms with Crippen LogP contribution in [0.15, 0.2) is 4.99 Å². The molecule has 0 aromatic carbocycles. The van der Waals surface area contributed by atoms with Gasteiger partial charge in [0.2, 0.25) is 0 Å². The summed E-state index contributed by atoms with van der Waals surface area (Å²) < 4.78 is 0. The molecular formula is C6H13N3. The number of likely N-dealkylation sites (N-methyl/N-ethyl adjacent to an activating group) is 2. The van der Waals surface area contributed by atoms with E-state index in [-0.39, 0.29) is 0 Å². The van der Waals surface area contributed by atoms with Crippen molar-refractivity contribution in [2.45, 2.75) is 0 Å². The zero-order chi connectivity index (χ0) is 6.69. The van der Waals surface area contributed by atoms with Gasteiger partial charge < -0.3 is 10.2 Å². The first kappa shape index (κ1) is 6.55. The van der Waals surface area contributed by atoms with Crippen LogP contribution in [0.5, 0.6) is 0 Å². The minimum absolute atomic E-state index is 0.899. The SMILES string of the molecule is CNCC1=NCCN1C. The van der Waals surface area contributed by atoms with Gasteiger partial charge in [0.15, 0.2) is 0 Å². The van der Waals surface area contributed by atoms with Crippen LogP contribution < -0.4 is 5.32 Å². The number of hydrogen-bond acceptors (Lipinski definition) is 3. The second-order valence-electron chi connectivity index (χ2n) is 2.25. The van der Waals surface area contributed by atoms with Gasteiger partial charge >= 0.3 is 0 Å². The zero-order valence-corrected chi connectivity index (χ0v) is 6.02. The Hall–Kier alpha value is -0.570. The van der Waals surface area contributed by atoms with Crippen LogP contribution in [-0.4, -0.2) is 44.5 Å². The maximum absolute atomic E-state index is 4.29. The van der Waals surface area contributed by atoms with Gasteiger partial charge in [0.25, 0.3) is 0 Å². The Balaban J connectivity index is 2.38. The van der Waals surface area contributed by atoms with Crippen molar-refractivity contribution in [1.82, 2.24) is 10.2 Å². The summed E-state index contributed by atoms with van der Waals surface area (Å²) in [4.78, 5) is 6.46. The van der Waals surface area contributed by atoms with E-state index in [4.69, 9.17) is 0 Å². The molecule has 3 heteroatoms. The highest BCUT2D eigenvalue weighted by molar-refractivity contribution is 5.85. The molecule has 1 N–H and O–H groups in total. The quantitative estimate of drug-likeness (QED) is 0.544. The van der Waals surface area contributed by atoms with Crippen LogP contribution >= 0.6 is 0 Å². The number of amidine groups is 1.